The van der Waals surface area contributed by atoms with E-state index in [0.29, 0.717) is 5.56 Å². The van der Waals surface area contributed by atoms with E-state index in [9.17, 15) is 8.78 Å². The number of halogens is 2. The van der Waals surface area contributed by atoms with Gasteiger partial charge < -0.3 is 5.32 Å². The maximum Gasteiger partial charge on any atom is 0.162 e. The second-order valence-electron chi connectivity index (χ2n) is 5.45. The molecule has 2 aromatic rings. The van der Waals surface area contributed by atoms with Crippen molar-refractivity contribution < 1.29 is 8.78 Å². The topological polar surface area (TPSA) is 24.9 Å². The summed E-state index contributed by atoms with van der Waals surface area (Å²) >= 11 is 0. The maximum atomic E-state index is 14.2. The average Bonchev–Trinajstić information content (AvgIpc) is 2.69. The first-order chi connectivity index (χ1) is 10.2. The number of fused-ring (bicyclic) bond motifs is 1. The molecule has 0 unspecified atom stereocenters. The van der Waals surface area contributed by atoms with Gasteiger partial charge in [-0.15, -0.1) is 0 Å². The normalized spacial score (nSPS) is 21.7. The SMILES string of the molecule is CN[C@@H]1c2cccnc2CCC[C@H]1c1cccc(F)c1F. The van der Waals surface area contributed by atoms with Gasteiger partial charge in [0.05, 0.1) is 0 Å². The summed E-state index contributed by atoms with van der Waals surface area (Å²) in [5.41, 5.74) is 2.59. The van der Waals surface area contributed by atoms with Crippen LogP contribution in [0.3, 0.4) is 0 Å². The minimum atomic E-state index is -0.780. The minimum absolute atomic E-state index is 0.0486. The summed E-state index contributed by atoms with van der Waals surface area (Å²) in [6.07, 6.45) is 4.39. The average molecular weight is 288 g/mol. The van der Waals surface area contributed by atoms with Crippen LogP contribution in [0.5, 0.6) is 0 Å². The van der Waals surface area contributed by atoms with Gasteiger partial charge in [0.1, 0.15) is 0 Å². The number of benzene rings is 1. The first-order valence-electron chi connectivity index (χ1n) is 7.27. The highest BCUT2D eigenvalue weighted by atomic mass is 19.2. The number of nitrogens with zero attached hydrogens (tertiary/aromatic N) is 1. The van der Waals surface area contributed by atoms with Crippen molar-refractivity contribution in [1.82, 2.24) is 10.3 Å². The Morgan fingerprint density at radius 3 is 2.76 bits per heavy atom. The molecule has 0 saturated heterocycles. The summed E-state index contributed by atoms with van der Waals surface area (Å²) in [5.74, 6) is -1.59. The predicted molar refractivity (Wildman–Crippen MR) is 78.1 cm³/mol. The Bertz CT molecular complexity index is 642. The smallest absolute Gasteiger partial charge is 0.162 e. The van der Waals surface area contributed by atoms with Gasteiger partial charge in [-0.25, -0.2) is 8.78 Å². The molecule has 1 heterocycles. The fourth-order valence-electron chi connectivity index (χ4n) is 3.31. The highest BCUT2D eigenvalue weighted by Gasteiger charge is 2.30. The van der Waals surface area contributed by atoms with Gasteiger partial charge in [0, 0.05) is 23.9 Å². The number of rotatable bonds is 2. The molecule has 1 aliphatic rings. The summed E-state index contributed by atoms with van der Waals surface area (Å²) in [4.78, 5) is 4.44. The molecule has 4 heteroatoms. The van der Waals surface area contributed by atoms with E-state index in [1.54, 1.807) is 18.3 Å². The standard InChI is InChI=1S/C17H18F2N2/c1-20-17-12(11-5-2-8-14(18)16(11)19)6-3-9-15-13(17)7-4-10-21-15/h2,4-5,7-8,10,12,17,20H,3,6,9H2,1H3/t12-,17-/m0/s1. The molecule has 1 aliphatic carbocycles. The summed E-state index contributed by atoms with van der Waals surface area (Å²) in [7, 11) is 1.86. The Balaban J connectivity index is 2.08. The van der Waals surface area contributed by atoms with Crippen molar-refractivity contribution in [3.63, 3.8) is 0 Å². The van der Waals surface area contributed by atoms with E-state index >= 15 is 0 Å². The van der Waals surface area contributed by atoms with Gasteiger partial charge in [0.2, 0.25) is 0 Å². The lowest BCUT2D eigenvalue weighted by Crippen LogP contribution is -2.24. The van der Waals surface area contributed by atoms with Crippen LogP contribution in [0.2, 0.25) is 0 Å². The first-order valence-corrected chi connectivity index (χ1v) is 7.27. The van der Waals surface area contributed by atoms with Crippen LogP contribution >= 0.6 is 0 Å². The Kier molecular flexibility index (Phi) is 3.97. The third-order valence-corrected chi connectivity index (χ3v) is 4.28. The van der Waals surface area contributed by atoms with Gasteiger partial charge in [0.15, 0.2) is 11.6 Å². The Morgan fingerprint density at radius 2 is 1.95 bits per heavy atom. The zero-order valence-electron chi connectivity index (χ0n) is 11.9. The van der Waals surface area contributed by atoms with Crippen LogP contribution in [0.25, 0.3) is 0 Å². The van der Waals surface area contributed by atoms with E-state index in [1.807, 2.05) is 19.2 Å². The lowest BCUT2D eigenvalue weighted by Gasteiger charge is -2.27. The molecule has 0 saturated carbocycles. The zero-order chi connectivity index (χ0) is 14.8. The number of aromatic nitrogens is 1. The molecule has 0 fully saturated rings. The van der Waals surface area contributed by atoms with E-state index in [-0.39, 0.29) is 12.0 Å². The molecule has 21 heavy (non-hydrogen) atoms. The first kappa shape index (κ1) is 14.1. The van der Waals surface area contributed by atoms with Gasteiger partial charge >= 0.3 is 0 Å². The molecule has 3 rings (SSSR count). The molecule has 1 aromatic carbocycles. The zero-order valence-corrected chi connectivity index (χ0v) is 11.9. The van der Waals surface area contributed by atoms with E-state index in [1.165, 1.54) is 6.07 Å². The summed E-state index contributed by atoms with van der Waals surface area (Å²) < 4.78 is 27.7. The number of nitrogens with one attached hydrogen (secondary N) is 1. The molecule has 2 nitrogen and oxygen atoms in total. The van der Waals surface area contributed by atoms with Crippen LogP contribution < -0.4 is 5.32 Å². The third kappa shape index (κ3) is 2.56. The Hall–Kier alpha value is -1.81. The molecule has 0 aliphatic heterocycles. The fraction of sp³-hybridized carbons (Fsp3) is 0.353. The van der Waals surface area contributed by atoms with Crippen molar-refractivity contribution in [2.75, 3.05) is 7.05 Å². The van der Waals surface area contributed by atoms with Crippen LogP contribution in [-0.4, -0.2) is 12.0 Å². The molecular formula is C17H18F2N2. The molecule has 110 valence electrons. The lowest BCUT2D eigenvalue weighted by molar-refractivity contribution is 0.425. The van der Waals surface area contributed by atoms with Gasteiger partial charge in [-0.3, -0.25) is 4.98 Å². The Labute approximate surface area is 123 Å². The fourth-order valence-corrected chi connectivity index (χ4v) is 3.31. The number of likely N-dealkylation sites (N-methyl/N-ethyl adjacent to an activating group) is 1. The molecular weight excluding hydrogens is 270 g/mol. The van der Waals surface area contributed by atoms with E-state index in [4.69, 9.17) is 0 Å². The molecule has 1 aromatic heterocycles. The van der Waals surface area contributed by atoms with E-state index in [2.05, 4.69) is 10.3 Å². The molecule has 0 spiro atoms. The highest BCUT2D eigenvalue weighted by Crippen LogP contribution is 2.40. The summed E-state index contributed by atoms with van der Waals surface area (Å²) in [6.45, 7) is 0. The van der Waals surface area contributed by atoms with Gasteiger partial charge in [-0.2, -0.15) is 0 Å². The number of aryl methyl sites for hydroxylation is 1. The largest absolute Gasteiger partial charge is 0.312 e. The summed E-state index contributed by atoms with van der Waals surface area (Å²) in [5, 5.41) is 3.27. The van der Waals surface area contributed by atoms with Crippen molar-refractivity contribution in [1.29, 1.82) is 0 Å². The Morgan fingerprint density at radius 1 is 1.14 bits per heavy atom. The van der Waals surface area contributed by atoms with Crippen molar-refractivity contribution >= 4 is 0 Å². The molecule has 0 amide bonds. The predicted octanol–water partition coefficient (Wildman–Crippen LogP) is 3.74. The lowest BCUT2D eigenvalue weighted by atomic mass is 9.85. The van der Waals surface area contributed by atoms with Crippen molar-refractivity contribution in [3.8, 4) is 0 Å². The molecule has 1 N–H and O–H groups in total. The van der Waals surface area contributed by atoms with Crippen LogP contribution in [0.15, 0.2) is 36.5 Å². The number of hydrogen-bond acceptors (Lipinski definition) is 2. The van der Waals surface area contributed by atoms with Crippen LogP contribution in [-0.2, 0) is 6.42 Å². The van der Waals surface area contributed by atoms with Gasteiger partial charge in [0.25, 0.3) is 0 Å². The minimum Gasteiger partial charge on any atom is -0.312 e. The third-order valence-electron chi connectivity index (χ3n) is 4.28. The van der Waals surface area contributed by atoms with Crippen molar-refractivity contribution in [2.45, 2.75) is 31.2 Å². The molecule has 2 atom stereocenters. The van der Waals surface area contributed by atoms with E-state index < -0.39 is 11.6 Å². The second kappa shape index (κ2) is 5.90. The summed E-state index contributed by atoms with van der Waals surface area (Å²) in [6, 6.07) is 8.31. The molecule has 0 bridgehead atoms. The van der Waals surface area contributed by atoms with Gasteiger partial charge in [-0.1, -0.05) is 18.2 Å². The van der Waals surface area contributed by atoms with Crippen LogP contribution in [0.4, 0.5) is 8.78 Å². The van der Waals surface area contributed by atoms with Crippen molar-refractivity contribution in [3.05, 3.63) is 65.0 Å². The quantitative estimate of drug-likeness (QED) is 0.852. The monoisotopic (exact) mass is 288 g/mol. The maximum absolute atomic E-state index is 14.2. The van der Waals surface area contributed by atoms with Crippen LogP contribution in [0, 0.1) is 11.6 Å². The van der Waals surface area contributed by atoms with Gasteiger partial charge in [-0.05, 0) is 49.6 Å². The number of hydrogen-bond donors (Lipinski definition) is 1. The molecule has 0 radical (unpaired) electrons. The van der Waals surface area contributed by atoms with Crippen molar-refractivity contribution in [2.24, 2.45) is 0 Å². The van der Waals surface area contributed by atoms with Crippen LogP contribution in [0.1, 0.15) is 41.6 Å². The number of pyridine rings is 1. The highest BCUT2D eigenvalue weighted by molar-refractivity contribution is 5.33. The van der Waals surface area contributed by atoms with E-state index in [0.717, 1.165) is 30.5 Å². The second-order valence-corrected chi connectivity index (χ2v) is 5.45.